The second-order valence-electron chi connectivity index (χ2n) is 4.11. The van der Waals surface area contributed by atoms with Crippen LogP contribution in [0.25, 0.3) is 0 Å². The number of hydrogen-bond donors (Lipinski definition) is 1. The fourth-order valence-corrected chi connectivity index (χ4v) is 1.95. The number of ether oxygens (including phenoxy) is 2. The lowest BCUT2D eigenvalue weighted by Gasteiger charge is -2.12. The Balaban J connectivity index is 2.35. The predicted molar refractivity (Wildman–Crippen MR) is 58.8 cm³/mol. The molecule has 1 aliphatic heterocycles. The van der Waals surface area contributed by atoms with Crippen molar-refractivity contribution in [1.29, 1.82) is 0 Å². The van der Waals surface area contributed by atoms with Gasteiger partial charge in [0.25, 0.3) is 0 Å². The van der Waals surface area contributed by atoms with Gasteiger partial charge in [0.05, 0.1) is 20.3 Å². The van der Waals surface area contributed by atoms with Gasteiger partial charge in [-0.05, 0) is 42.2 Å². The van der Waals surface area contributed by atoms with Crippen LogP contribution in [0.4, 0.5) is 0 Å². The summed E-state index contributed by atoms with van der Waals surface area (Å²) in [5, 5.41) is 0. The molecule has 15 heavy (non-hydrogen) atoms. The maximum absolute atomic E-state index is 5.81. The van der Waals surface area contributed by atoms with Gasteiger partial charge in [0.1, 0.15) is 5.75 Å². The van der Waals surface area contributed by atoms with E-state index in [9.17, 15) is 0 Å². The van der Waals surface area contributed by atoms with E-state index in [0.29, 0.717) is 13.2 Å². The van der Waals surface area contributed by atoms with Crippen LogP contribution in [0, 0.1) is 0 Å². The highest BCUT2D eigenvalue weighted by atomic mass is 16.5. The summed E-state index contributed by atoms with van der Waals surface area (Å²) in [6, 6.07) is 4.38. The van der Waals surface area contributed by atoms with Crippen molar-refractivity contribution >= 4 is 0 Å². The van der Waals surface area contributed by atoms with Crippen LogP contribution in [0.2, 0.25) is 0 Å². The molecule has 1 heterocycles. The highest BCUT2D eigenvalue weighted by Crippen LogP contribution is 2.29. The quantitative estimate of drug-likeness (QED) is 0.819. The Morgan fingerprint density at radius 3 is 2.67 bits per heavy atom. The summed E-state index contributed by atoms with van der Waals surface area (Å²) in [6.45, 7) is 3.42. The third-order valence-electron chi connectivity index (χ3n) is 2.66. The van der Waals surface area contributed by atoms with Crippen molar-refractivity contribution in [3.8, 4) is 5.75 Å². The first-order valence-corrected chi connectivity index (χ1v) is 5.22. The van der Waals surface area contributed by atoms with Crippen molar-refractivity contribution < 1.29 is 9.47 Å². The molecule has 1 aliphatic rings. The molecule has 0 radical (unpaired) electrons. The molecule has 0 saturated heterocycles. The summed E-state index contributed by atoms with van der Waals surface area (Å²) in [6.07, 6.45) is 0.844. The number of methoxy groups -OCH3 is 1. The van der Waals surface area contributed by atoms with Crippen molar-refractivity contribution in [2.45, 2.75) is 32.6 Å². The third-order valence-corrected chi connectivity index (χ3v) is 2.66. The molecular formula is C12H17NO2. The topological polar surface area (TPSA) is 44.5 Å². The first-order valence-electron chi connectivity index (χ1n) is 5.22. The Morgan fingerprint density at radius 2 is 2.07 bits per heavy atom. The van der Waals surface area contributed by atoms with Crippen molar-refractivity contribution in [3.63, 3.8) is 0 Å². The average Bonchev–Trinajstić information content (AvgIpc) is 2.62. The number of nitrogens with two attached hydrogens (primary N) is 1. The molecule has 2 rings (SSSR count). The summed E-state index contributed by atoms with van der Waals surface area (Å²) in [5.74, 6) is 0.927. The predicted octanol–water partition coefficient (Wildman–Crippen LogP) is 1.62. The van der Waals surface area contributed by atoms with Gasteiger partial charge in [0.2, 0.25) is 0 Å². The molecule has 1 unspecified atom stereocenters. The first kappa shape index (κ1) is 10.5. The zero-order valence-corrected chi connectivity index (χ0v) is 9.25. The molecule has 0 bridgehead atoms. The van der Waals surface area contributed by atoms with E-state index in [1.165, 1.54) is 16.7 Å². The van der Waals surface area contributed by atoms with Gasteiger partial charge in [0.15, 0.2) is 0 Å². The van der Waals surface area contributed by atoms with Crippen LogP contribution in [0.1, 0.15) is 23.6 Å². The van der Waals surface area contributed by atoms with Crippen LogP contribution in [-0.2, 0) is 24.4 Å². The Labute approximate surface area is 90.2 Å². The Hall–Kier alpha value is -1.06. The van der Waals surface area contributed by atoms with E-state index >= 15 is 0 Å². The summed E-state index contributed by atoms with van der Waals surface area (Å²) in [5.41, 5.74) is 9.49. The minimum atomic E-state index is 0.152. The number of rotatable bonds is 3. The highest BCUT2D eigenvalue weighted by molar-refractivity contribution is 5.43. The molecule has 1 atom stereocenters. The summed E-state index contributed by atoms with van der Waals surface area (Å²) in [7, 11) is 1.70. The van der Waals surface area contributed by atoms with E-state index in [2.05, 4.69) is 12.1 Å². The second-order valence-corrected chi connectivity index (χ2v) is 4.11. The van der Waals surface area contributed by atoms with E-state index in [1.807, 2.05) is 6.92 Å². The standard InChI is InChI=1S/C12H17NO2/c1-8(13)3-9-4-10-6-15-7-11(10)5-12(9)14-2/h4-5,8H,3,6-7,13H2,1-2H3. The zero-order valence-electron chi connectivity index (χ0n) is 9.25. The Bertz CT molecular complexity index is 361. The van der Waals surface area contributed by atoms with Crippen LogP contribution in [0.5, 0.6) is 5.75 Å². The normalized spacial score (nSPS) is 16.2. The van der Waals surface area contributed by atoms with Crippen LogP contribution in [0.15, 0.2) is 12.1 Å². The number of fused-ring (bicyclic) bond motifs is 1. The molecule has 0 amide bonds. The summed E-state index contributed by atoms with van der Waals surface area (Å²) >= 11 is 0. The van der Waals surface area contributed by atoms with E-state index in [1.54, 1.807) is 7.11 Å². The molecule has 0 saturated carbocycles. The molecule has 82 valence electrons. The lowest BCUT2D eigenvalue weighted by molar-refractivity contribution is 0.134. The second kappa shape index (κ2) is 4.21. The molecule has 1 aromatic rings. The maximum atomic E-state index is 5.81. The van der Waals surface area contributed by atoms with Gasteiger partial charge < -0.3 is 15.2 Å². The molecule has 3 nitrogen and oxygen atoms in total. The van der Waals surface area contributed by atoms with Crippen LogP contribution in [0.3, 0.4) is 0 Å². The zero-order chi connectivity index (χ0) is 10.8. The van der Waals surface area contributed by atoms with Crippen LogP contribution < -0.4 is 10.5 Å². The van der Waals surface area contributed by atoms with E-state index in [0.717, 1.165) is 12.2 Å². The highest BCUT2D eigenvalue weighted by Gasteiger charge is 2.16. The summed E-state index contributed by atoms with van der Waals surface area (Å²) < 4.78 is 10.7. The molecule has 2 N–H and O–H groups in total. The molecule has 1 aromatic carbocycles. The lowest BCUT2D eigenvalue weighted by Crippen LogP contribution is -2.18. The smallest absolute Gasteiger partial charge is 0.122 e. The maximum Gasteiger partial charge on any atom is 0.122 e. The lowest BCUT2D eigenvalue weighted by atomic mass is 10.0. The number of benzene rings is 1. The van der Waals surface area contributed by atoms with Crippen LogP contribution in [-0.4, -0.2) is 13.2 Å². The molecule has 0 aromatic heterocycles. The van der Waals surface area contributed by atoms with E-state index in [4.69, 9.17) is 15.2 Å². The van der Waals surface area contributed by atoms with Crippen molar-refractivity contribution in [3.05, 3.63) is 28.8 Å². The summed E-state index contributed by atoms with van der Waals surface area (Å²) in [4.78, 5) is 0. The van der Waals surface area contributed by atoms with E-state index < -0.39 is 0 Å². The largest absolute Gasteiger partial charge is 0.496 e. The molecule has 0 fully saturated rings. The van der Waals surface area contributed by atoms with Gasteiger partial charge in [-0.3, -0.25) is 0 Å². The molecule has 3 heteroatoms. The van der Waals surface area contributed by atoms with Gasteiger partial charge in [-0.2, -0.15) is 0 Å². The monoisotopic (exact) mass is 207 g/mol. The first-order chi connectivity index (χ1) is 7.20. The Kier molecular flexibility index (Phi) is 2.93. The average molecular weight is 207 g/mol. The third kappa shape index (κ3) is 2.13. The van der Waals surface area contributed by atoms with Gasteiger partial charge in [0, 0.05) is 6.04 Å². The van der Waals surface area contributed by atoms with Crippen molar-refractivity contribution in [2.24, 2.45) is 5.73 Å². The van der Waals surface area contributed by atoms with Gasteiger partial charge in [-0.15, -0.1) is 0 Å². The van der Waals surface area contributed by atoms with Crippen molar-refractivity contribution in [1.82, 2.24) is 0 Å². The van der Waals surface area contributed by atoms with Crippen molar-refractivity contribution in [2.75, 3.05) is 7.11 Å². The number of hydrogen-bond acceptors (Lipinski definition) is 3. The molecule has 0 aliphatic carbocycles. The minimum absolute atomic E-state index is 0.152. The fraction of sp³-hybridized carbons (Fsp3) is 0.500. The minimum Gasteiger partial charge on any atom is -0.496 e. The van der Waals surface area contributed by atoms with Crippen LogP contribution >= 0.6 is 0 Å². The fourth-order valence-electron chi connectivity index (χ4n) is 1.95. The SMILES string of the molecule is COc1cc2c(cc1CC(C)N)COC2. The van der Waals surface area contributed by atoms with Gasteiger partial charge >= 0.3 is 0 Å². The van der Waals surface area contributed by atoms with Gasteiger partial charge in [-0.1, -0.05) is 0 Å². The van der Waals surface area contributed by atoms with Gasteiger partial charge in [-0.25, -0.2) is 0 Å². The van der Waals surface area contributed by atoms with E-state index in [-0.39, 0.29) is 6.04 Å². The molecule has 0 spiro atoms. The molecular weight excluding hydrogens is 190 g/mol. The Morgan fingerprint density at radius 1 is 1.40 bits per heavy atom.